The topological polar surface area (TPSA) is 43.2 Å². The quantitative estimate of drug-likeness (QED) is 0.720. The van der Waals surface area contributed by atoms with E-state index in [0.29, 0.717) is 6.61 Å². The highest BCUT2D eigenvalue weighted by atomic mass is 32.2. The van der Waals surface area contributed by atoms with Gasteiger partial charge in [-0.05, 0) is 44.5 Å². The van der Waals surface area contributed by atoms with Crippen molar-refractivity contribution in [3.8, 4) is 5.75 Å². The SMILES string of the molecule is Cc1ccccc1OCc1nnc(SCCN2CCCCC2)n1C. The molecule has 5 nitrogen and oxygen atoms in total. The number of aryl methyl sites for hydroxylation is 1. The van der Waals surface area contributed by atoms with Crippen molar-refractivity contribution < 1.29 is 4.74 Å². The minimum atomic E-state index is 0.445. The molecule has 6 heteroatoms. The Morgan fingerprint density at radius 2 is 1.92 bits per heavy atom. The highest BCUT2D eigenvalue weighted by Crippen LogP contribution is 2.20. The van der Waals surface area contributed by atoms with Gasteiger partial charge in [0.1, 0.15) is 12.4 Å². The fourth-order valence-corrected chi connectivity index (χ4v) is 3.84. The third-order valence-corrected chi connectivity index (χ3v) is 5.46. The van der Waals surface area contributed by atoms with Crippen LogP contribution < -0.4 is 4.74 Å². The number of hydrogen-bond donors (Lipinski definition) is 0. The molecular formula is C18H26N4OS. The van der Waals surface area contributed by atoms with Gasteiger partial charge in [0.15, 0.2) is 11.0 Å². The van der Waals surface area contributed by atoms with Gasteiger partial charge in [0.05, 0.1) is 0 Å². The molecule has 130 valence electrons. The summed E-state index contributed by atoms with van der Waals surface area (Å²) in [5, 5.41) is 9.56. The Kier molecular flexibility index (Phi) is 6.15. The summed E-state index contributed by atoms with van der Waals surface area (Å²) in [6.45, 7) is 6.12. The fraction of sp³-hybridized carbons (Fsp3) is 0.556. The van der Waals surface area contributed by atoms with E-state index in [-0.39, 0.29) is 0 Å². The number of benzene rings is 1. The second-order valence-corrected chi connectivity index (χ2v) is 7.32. The van der Waals surface area contributed by atoms with Gasteiger partial charge in [-0.3, -0.25) is 0 Å². The number of likely N-dealkylation sites (tertiary alicyclic amines) is 1. The van der Waals surface area contributed by atoms with Crippen molar-refractivity contribution in [2.75, 3.05) is 25.4 Å². The van der Waals surface area contributed by atoms with Gasteiger partial charge >= 0.3 is 0 Å². The van der Waals surface area contributed by atoms with Crippen molar-refractivity contribution in [1.82, 2.24) is 19.7 Å². The number of hydrogen-bond acceptors (Lipinski definition) is 5. The number of nitrogens with zero attached hydrogens (tertiary/aromatic N) is 4. The molecule has 0 spiro atoms. The van der Waals surface area contributed by atoms with Crippen LogP contribution in [0.5, 0.6) is 5.75 Å². The first-order valence-electron chi connectivity index (χ1n) is 8.66. The molecule has 0 aliphatic carbocycles. The normalized spacial score (nSPS) is 15.6. The first kappa shape index (κ1) is 17.3. The van der Waals surface area contributed by atoms with Crippen LogP contribution in [0.3, 0.4) is 0 Å². The molecule has 0 bridgehead atoms. The van der Waals surface area contributed by atoms with Crippen LogP contribution in [0.4, 0.5) is 0 Å². The number of rotatable bonds is 7. The van der Waals surface area contributed by atoms with E-state index < -0.39 is 0 Å². The third kappa shape index (κ3) is 4.51. The maximum Gasteiger partial charge on any atom is 0.191 e. The summed E-state index contributed by atoms with van der Waals surface area (Å²) in [7, 11) is 2.01. The van der Waals surface area contributed by atoms with Crippen molar-refractivity contribution in [3.63, 3.8) is 0 Å². The number of aromatic nitrogens is 3. The fourth-order valence-electron chi connectivity index (χ4n) is 2.91. The van der Waals surface area contributed by atoms with E-state index in [4.69, 9.17) is 4.74 Å². The molecule has 0 saturated carbocycles. The Hall–Kier alpha value is -1.53. The molecule has 0 radical (unpaired) electrons. The summed E-state index contributed by atoms with van der Waals surface area (Å²) in [5.74, 6) is 2.82. The van der Waals surface area contributed by atoms with Crippen LogP contribution in [0.2, 0.25) is 0 Å². The minimum absolute atomic E-state index is 0.445. The molecule has 1 aromatic carbocycles. The summed E-state index contributed by atoms with van der Waals surface area (Å²) in [5.41, 5.74) is 1.13. The van der Waals surface area contributed by atoms with Crippen molar-refractivity contribution >= 4 is 11.8 Å². The van der Waals surface area contributed by atoms with Gasteiger partial charge in [-0.1, -0.05) is 36.4 Å². The first-order chi connectivity index (χ1) is 11.7. The van der Waals surface area contributed by atoms with Gasteiger partial charge in [-0.2, -0.15) is 0 Å². The molecule has 0 N–H and O–H groups in total. The van der Waals surface area contributed by atoms with Gasteiger partial charge in [0, 0.05) is 19.3 Å². The number of piperidine rings is 1. The van der Waals surface area contributed by atoms with Crippen molar-refractivity contribution in [3.05, 3.63) is 35.7 Å². The molecular weight excluding hydrogens is 320 g/mol. The monoisotopic (exact) mass is 346 g/mol. The average molecular weight is 347 g/mol. The number of ether oxygens (including phenoxy) is 1. The summed E-state index contributed by atoms with van der Waals surface area (Å²) in [4.78, 5) is 2.55. The van der Waals surface area contributed by atoms with Crippen LogP contribution in [0.1, 0.15) is 30.7 Å². The lowest BCUT2D eigenvalue weighted by Crippen LogP contribution is -2.31. The molecule has 2 aromatic rings. The van der Waals surface area contributed by atoms with Gasteiger partial charge in [0.2, 0.25) is 0 Å². The minimum Gasteiger partial charge on any atom is -0.485 e. The van der Waals surface area contributed by atoms with E-state index >= 15 is 0 Å². The van der Waals surface area contributed by atoms with Gasteiger partial charge in [-0.25, -0.2) is 0 Å². The Balaban J connectivity index is 1.49. The smallest absolute Gasteiger partial charge is 0.191 e. The van der Waals surface area contributed by atoms with Gasteiger partial charge < -0.3 is 14.2 Å². The second-order valence-electron chi connectivity index (χ2n) is 6.26. The third-order valence-electron chi connectivity index (χ3n) is 4.46. The molecule has 0 amide bonds. The van der Waals surface area contributed by atoms with E-state index in [1.165, 1.54) is 32.4 Å². The molecule has 1 aliphatic rings. The highest BCUT2D eigenvalue weighted by Gasteiger charge is 2.13. The predicted molar refractivity (Wildman–Crippen MR) is 97.5 cm³/mol. The van der Waals surface area contributed by atoms with E-state index in [1.807, 2.05) is 42.8 Å². The zero-order valence-corrected chi connectivity index (χ0v) is 15.4. The Morgan fingerprint density at radius 3 is 2.71 bits per heavy atom. The summed E-state index contributed by atoms with van der Waals surface area (Å²) in [6.07, 6.45) is 4.07. The van der Waals surface area contributed by atoms with Crippen LogP contribution in [-0.2, 0) is 13.7 Å². The van der Waals surface area contributed by atoms with E-state index in [2.05, 4.69) is 15.1 Å². The molecule has 1 saturated heterocycles. The van der Waals surface area contributed by atoms with Crippen molar-refractivity contribution in [1.29, 1.82) is 0 Å². The largest absolute Gasteiger partial charge is 0.485 e. The van der Waals surface area contributed by atoms with E-state index in [1.54, 1.807) is 11.8 Å². The lowest BCUT2D eigenvalue weighted by atomic mass is 10.1. The van der Waals surface area contributed by atoms with Crippen LogP contribution in [0.15, 0.2) is 29.4 Å². The first-order valence-corrected chi connectivity index (χ1v) is 9.64. The average Bonchev–Trinajstić information content (AvgIpc) is 2.95. The van der Waals surface area contributed by atoms with Crippen LogP contribution in [0, 0.1) is 6.92 Å². The van der Waals surface area contributed by atoms with Crippen molar-refractivity contribution in [2.45, 2.75) is 37.9 Å². The van der Waals surface area contributed by atoms with Crippen molar-refractivity contribution in [2.24, 2.45) is 7.05 Å². The Bertz CT molecular complexity index is 652. The maximum atomic E-state index is 5.88. The number of thioether (sulfide) groups is 1. The van der Waals surface area contributed by atoms with Gasteiger partial charge in [0.25, 0.3) is 0 Å². The number of para-hydroxylation sites is 1. The summed E-state index contributed by atoms with van der Waals surface area (Å²) >= 11 is 1.78. The van der Waals surface area contributed by atoms with E-state index in [0.717, 1.165) is 34.6 Å². The Morgan fingerprint density at radius 1 is 1.12 bits per heavy atom. The molecule has 0 unspecified atom stereocenters. The lowest BCUT2D eigenvalue weighted by molar-refractivity contribution is 0.242. The maximum absolute atomic E-state index is 5.88. The van der Waals surface area contributed by atoms with Crippen LogP contribution in [0.25, 0.3) is 0 Å². The molecule has 1 aliphatic heterocycles. The lowest BCUT2D eigenvalue weighted by Gasteiger charge is -2.25. The molecule has 3 rings (SSSR count). The molecule has 0 atom stereocenters. The van der Waals surface area contributed by atoms with Crippen LogP contribution in [-0.4, -0.2) is 45.1 Å². The van der Waals surface area contributed by atoms with E-state index in [9.17, 15) is 0 Å². The second kappa shape index (κ2) is 8.53. The zero-order valence-electron chi connectivity index (χ0n) is 14.6. The zero-order chi connectivity index (χ0) is 16.8. The highest BCUT2D eigenvalue weighted by molar-refractivity contribution is 7.99. The molecule has 2 heterocycles. The molecule has 24 heavy (non-hydrogen) atoms. The predicted octanol–water partition coefficient (Wildman–Crippen LogP) is 3.28. The van der Waals surface area contributed by atoms with Crippen LogP contribution >= 0.6 is 11.8 Å². The van der Waals surface area contributed by atoms with Gasteiger partial charge in [-0.15, -0.1) is 10.2 Å². The molecule has 1 aromatic heterocycles. The Labute approximate surface area is 148 Å². The standard InChI is InChI=1S/C18H26N4OS/c1-15-8-4-5-9-16(15)23-14-17-19-20-18(21(17)2)24-13-12-22-10-6-3-7-11-22/h4-5,8-9H,3,6-7,10-14H2,1-2H3. The molecule has 1 fully saturated rings. The summed E-state index contributed by atoms with van der Waals surface area (Å²) in [6, 6.07) is 8.04. The summed E-state index contributed by atoms with van der Waals surface area (Å²) < 4.78 is 7.92.